The van der Waals surface area contributed by atoms with E-state index in [4.69, 9.17) is 5.11 Å². The van der Waals surface area contributed by atoms with Crippen molar-refractivity contribution >= 4 is 21.7 Å². The second-order valence-electron chi connectivity index (χ2n) is 4.20. The maximum absolute atomic E-state index is 11.3. The molecular formula is C9H17NO6S. The highest BCUT2D eigenvalue weighted by Crippen LogP contribution is 2.13. The summed E-state index contributed by atoms with van der Waals surface area (Å²) in [5.74, 6) is -1.72. The predicted molar refractivity (Wildman–Crippen MR) is 60.4 cm³/mol. The van der Waals surface area contributed by atoms with Crippen LogP contribution in [-0.4, -0.2) is 56.2 Å². The van der Waals surface area contributed by atoms with Crippen molar-refractivity contribution in [3.63, 3.8) is 0 Å². The molecule has 0 saturated carbocycles. The Kier molecular flexibility index (Phi) is 5.56. The van der Waals surface area contributed by atoms with Gasteiger partial charge in [-0.15, -0.1) is 0 Å². The van der Waals surface area contributed by atoms with Crippen LogP contribution in [0.15, 0.2) is 0 Å². The second kappa shape index (κ2) is 5.97. The molecule has 0 aromatic heterocycles. The number of hydrogen-bond donors (Lipinski definition) is 2. The Morgan fingerprint density at radius 3 is 2.24 bits per heavy atom. The van der Waals surface area contributed by atoms with Gasteiger partial charge in [-0.2, -0.15) is 0 Å². The molecule has 0 heterocycles. The van der Waals surface area contributed by atoms with Crippen LogP contribution in [0.5, 0.6) is 0 Å². The third-order valence-electron chi connectivity index (χ3n) is 2.17. The lowest BCUT2D eigenvalue weighted by Crippen LogP contribution is -2.44. The number of hydrogen-bond acceptors (Lipinski definition) is 5. The molecule has 0 aromatic carbocycles. The van der Waals surface area contributed by atoms with Crippen LogP contribution in [0.1, 0.15) is 13.8 Å². The lowest BCUT2D eigenvalue weighted by atomic mass is 10.2. The molecule has 100 valence electrons. The Morgan fingerprint density at radius 2 is 1.82 bits per heavy atom. The maximum atomic E-state index is 11.3. The van der Waals surface area contributed by atoms with Gasteiger partial charge >= 0.3 is 5.97 Å². The number of ether oxygens (including phenoxy) is 1. The van der Waals surface area contributed by atoms with Gasteiger partial charge in [0.1, 0.15) is 13.2 Å². The number of rotatable bonds is 7. The van der Waals surface area contributed by atoms with E-state index in [0.29, 0.717) is 0 Å². The van der Waals surface area contributed by atoms with Crippen LogP contribution in [0.25, 0.3) is 0 Å². The summed E-state index contributed by atoms with van der Waals surface area (Å²) in [6.45, 7) is 1.94. The van der Waals surface area contributed by atoms with E-state index < -0.39 is 39.7 Å². The van der Waals surface area contributed by atoms with Crippen LogP contribution in [0.2, 0.25) is 0 Å². The SMILES string of the molecule is CC(C)(CNC(=O)COCC(=O)O)S(C)(=O)=O. The zero-order chi connectivity index (χ0) is 13.7. The van der Waals surface area contributed by atoms with Gasteiger partial charge in [0.25, 0.3) is 0 Å². The smallest absolute Gasteiger partial charge is 0.329 e. The molecule has 2 N–H and O–H groups in total. The Bertz CT molecular complexity index is 386. The highest BCUT2D eigenvalue weighted by atomic mass is 32.2. The van der Waals surface area contributed by atoms with E-state index in [9.17, 15) is 18.0 Å². The van der Waals surface area contributed by atoms with E-state index in [1.807, 2.05) is 0 Å². The molecule has 0 saturated heterocycles. The number of amides is 1. The summed E-state index contributed by atoms with van der Waals surface area (Å²) >= 11 is 0. The van der Waals surface area contributed by atoms with Crippen molar-refractivity contribution in [2.45, 2.75) is 18.6 Å². The molecule has 0 aromatic rings. The highest BCUT2D eigenvalue weighted by molar-refractivity contribution is 7.92. The number of carbonyl (C=O) groups excluding carboxylic acids is 1. The molecule has 17 heavy (non-hydrogen) atoms. The highest BCUT2D eigenvalue weighted by Gasteiger charge is 2.30. The number of carboxylic acid groups (broad SMARTS) is 1. The molecule has 0 unspecified atom stereocenters. The summed E-state index contributed by atoms with van der Waals surface area (Å²) in [7, 11) is -3.28. The Labute approximate surface area is 100 Å². The average molecular weight is 267 g/mol. The third kappa shape index (κ3) is 6.22. The Hall–Kier alpha value is -1.15. The number of carbonyl (C=O) groups is 2. The first kappa shape index (κ1) is 15.9. The first-order chi connectivity index (χ1) is 7.56. The van der Waals surface area contributed by atoms with Crippen LogP contribution in [-0.2, 0) is 24.2 Å². The van der Waals surface area contributed by atoms with Crippen LogP contribution in [0.3, 0.4) is 0 Å². The predicted octanol–water partition coefficient (Wildman–Crippen LogP) is -0.973. The molecular weight excluding hydrogens is 250 g/mol. The molecule has 0 bridgehead atoms. The molecule has 0 radical (unpaired) electrons. The number of sulfone groups is 1. The van der Waals surface area contributed by atoms with E-state index in [-0.39, 0.29) is 6.54 Å². The van der Waals surface area contributed by atoms with Gasteiger partial charge < -0.3 is 15.2 Å². The summed E-state index contributed by atoms with van der Waals surface area (Å²) in [4.78, 5) is 21.3. The van der Waals surface area contributed by atoms with Crippen LogP contribution < -0.4 is 5.32 Å². The summed E-state index contributed by atoms with van der Waals surface area (Å²) in [6.07, 6.45) is 1.08. The lowest BCUT2D eigenvalue weighted by Gasteiger charge is -2.22. The first-order valence-electron chi connectivity index (χ1n) is 4.82. The number of aliphatic carboxylic acids is 1. The van der Waals surface area contributed by atoms with Crippen molar-refractivity contribution in [2.75, 3.05) is 26.0 Å². The lowest BCUT2D eigenvalue weighted by molar-refractivity contribution is -0.143. The standard InChI is InChI=1S/C9H17NO6S/c1-9(2,17(3,14)15)6-10-7(11)4-16-5-8(12)13/h4-6H2,1-3H3,(H,10,11)(H,12,13). The van der Waals surface area contributed by atoms with E-state index in [0.717, 1.165) is 6.26 Å². The van der Waals surface area contributed by atoms with Crippen LogP contribution in [0.4, 0.5) is 0 Å². The zero-order valence-corrected chi connectivity index (χ0v) is 10.8. The molecule has 8 heteroatoms. The summed E-state index contributed by atoms with van der Waals surface area (Å²) in [6, 6.07) is 0. The quantitative estimate of drug-likeness (QED) is 0.614. The van der Waals surface area contributed by atoms with Crippen molar-refractivity contribution < 1.29 is 27.9 Å². The molecule has 7 nitrogen and oxygen atoms in total. The minimum atomic E-state index is -3.28. The normalized spacial score (nSPS) is 12.2. The van der Waals surface area contributed by atoms with Gasteiger partial charge in [-0.05, 0) is 13.8 Å². The van der Waals surface area contributed by atoms with Gasteiger partial charge in [0, 0.05) is 12.8 Å². The summed E-state index contributed by atoms with van der Waals surface area (Å²) < 4.78 is 26.1. The number of carboxylic acids is 1. The van der Waals surface area contributed by atoms with Gasteiger partial charge in [0.2, 0.25) is 5.91 Å². The van der Waals surface area contributed by atoms with E-state index in [1.165, 1.54) is 13.8 Å². The minimum absolute atomic E-state index is 0.0545. The van der Waals surface area contributed by atoms with Crippen LogP contribution >= 0.6 is 0 Å². The topological polar surface area (TPSA) is 110 Å². The van der Waals surface area contributed by atoms with Crippen molar-refractivity contribution in [3.05, 3.63) is 0 Å². The van der Waals surface area contributed by atoms with Crippen molar-refractivity contribution in [2.24, 2.45) is 0 Å². The van der Waals surface area contributed by atoms with E-state index in [2.05, 4.69) is 10.1 Å². The van der Waals surface area contributed by atoms with Crippen molar-refractivity contribution in [3.8, 4) is 0 Å². The van der Waals surface area contributed by atoms with Gasteiger partial charge in [0.05, 0.1) is 4.75 Å². The van der Waals surface area contributed by atoms with Crippen molar-refractivity contribution in [1.29, 1.82) is 0 Å². The van der Waals surface area contributed by atoms with Gasteiger partial charge in [0.15, 0.2) is 9.84 Å². The monoisotopic (exact) mass is 267 g/mol. The fraction of sp³-hybridized carbons (Fsp3) is 0.778. The molecule has 0 fully saturated rings. The maximum Gasteiger partial charge on any atom is 0.329 e. The molecule has 0 rings (SSSR count). The minimum Gasteiger partial charge on any atom is -0.480 e. The molecule has 0 aliphatic rings. The molecule has 0 aliphatic carbocycles. The first-order valence-corrected chi connectivity index (χ1v) is 6.71. The molecule has 0 aliphatic heterocycles. The summed E-state index contributed by atoms with van der Waals surface area (Å²) in [5, 5.41) is 10.6. The van der Waals surface area contributed by atoms with Crippen LogP contribution in [0, 0.1) is 0 Å². The van der Waals surface area contributed by atoms with E-state index in [1.54, 1.807) is 0 Å². The van der Waals surface area contributed by atoms with Crippen molar-refractivity contribution in [1.82, 2.24) is 5.32 Å². The van der Waals surface area contributed by atoms with Gasteiger partial charge in [-0.3, -0.25) is 4.79 Å². The molecule has 0 spiro atoms. The summed E-state index contributed by atoms with van der Waals surface area (Å²) in [5.41, 5.74) is 0. The second-order valence-corrected chi connectivity index (χ2v) is 6.84. The zero-order valence-electron chi connectivity index (χ0n) is 10.0. The fourth-order valence-corrected chi connectivity index (χ4v) is 1.06. The Balaban J connectivity index is 4.05. The Morgan fingerprint density at radius 1 is 1.29 bits per heavy atom. The van der Waals surface area contributed by atoms with Gasteiger partial charge in [-0.1, -0.05) is 0 Å². The average Bonchev–Trinajstić information content (AvgIpc) is 2.12. The largest absolute Gasteiger partial charge is 0.480 e. The van der Waals surface area contributed by atoms with Gasteiger partial charge in [-0.25, -0.2) is 13.2 Å². The fourth-order valence-electron chi connectivity index (χ4n) is 0.725. The molecule has 1 amide bonds. The molecule has 0 atom stereocenters. The third-order valence-corrected chi connectivity index (χ3v) is 4.33. The van der Waals surface area contributed by atoms with E-state index >= 15 is 0 Å². The number of nitrogens with one attached hydrogen (secondary N) is 1.